The molecule has 2 rings (SSSR count). The van der Waals surface area contributed by atoms with Crippen LogP contribution in [0.25, 0.3) is 0 Å². The minimum Gasteiger partial charge on any atom is -0.486 e. The molecule has 1 aromatic carbocycles. The smallest absolute Gasteiger partial charge is 0.455 e. The van der Waals surface area contributed by atoms with Crippen molar-refractivity contribution in [2.45, 2.75) is 44.5 Å². The van der Waals surface area contributed by atoms with Gasteiger partial charge in [-0.1, -0.05) is 19.1 Å². The standard InChI is InChI=1S/C19H22F5N3O4/c1-4-11(15(28)25-9-18(20,21)19(22,23)24)16(29)26-14-10(2)31-13-8-6-5-7-12(13)27(3)17(14)30/h5-8,10-11,14H,4,9H2,1-3H3,(H,25,28)(H,26,29). The number of rotatable bonds is 6. The van der Waals surface area contributed by atoms with Crippen LogP contribution in [0.3, 0.4) is 0 Å². The number of amides is 3. The lowest BCUT2D eigenvalue weighted by Crippen LogP contribution is -2.56. The van der Waals surface area contributed by atoms with Crippen molar-refractivity contribution in [3.63, 3.8) is 0 Å². The number of carbonyl (C=O) groups is 3. The summed E-state index contributed by atoms with van der Waals surface area (Å²) in [7, 11) is 1.46. The lowest BCUT2D eigenvalue weighted by Gasteiger charge is -2.26. The van der Waals surface area contributed by atoms with E-state index < -0.39 is 54.4 Å². The molecule has 0 aromatic heterocycles. The first-order chi connectivity index (χ1) is 14.3. The van der Waals surface area contributed by atoms with Crippen molar-refractivity contribution in [1.29, 1.82) is 0 Å². The first kappa shape index (κ1) is 24.4. The highest BCUT2D eigenvalue weighted by molar-refractivity contribution is 6.04. The Morgan fingerprint density at radius 1 is 1.16 bits per heavy atom. The van der Waals surface area contributed by atoms with Crippen LogP contribution in [0.5, 0.6) is 5.75 Å². The van der Waals surface area contributed by atoms with E-state index >= 15 is 0 Å². The third-order valence-electron chi connectivity index (χ3n) is 4.84. The molecule has 3 atom stereocenters. The molecule has 1 aliphatic heterocycles. The van der Waals surface area contributed by atoms with Crippen molar-refractivity contribution in [1.82, 2.24) is 10.6 Å². The molecule has 0 aliphatic carbocycles. The molecule has 3 unspecified atom stereocenters. The first-order valence-electron chi connectivity index (χ1n) is 9.36. The summed E-state index contributed by atoms with van der Waals surface area (Å²) in [5, 5.41) is 3.82. The Morgan fingerprint density at radius 3 is 2.35 bits per heavy atom. The molecule has 7 nitrogen and oxygen atoms in total. The Morgan fingerprint density at radius 2 is 1.77 bits per heavy atom. The van der Waals surface area contributed by atoms with Crippen molar-refractivity contribution >= 4 is 23.4 Å². The van der Waals surface area contributed by atoms with Gasteiger partial charge >= 0.3 is 12.1 Å². The predicted molar refractivity (Wildman–Crippen MR) is 99.7 cm³/mol. The fourth-order valence-corrected chi connectivity index (χ4v) is 2.97. The molecule has 12 heteroatoms. The number of hydrogen-bond donors (Lipinski definition) is 2. The Kier molecular flexibility index (Phi) is 7.12. The van der Waals surface area contributed by atoms with Crippen LogP contribution < -0.4 is 20.3 Å². The monoisotopic (exact) mass is 451 g/mol. The van der Waals surface area contributed by atoms with Crippen LogP contribution >= 0.6 is 0 Å². The molecule has 3 amide bonds. The largest absolute Gasteiger partial charge is 0.486 e. The maximum absolute atomic E-state index is 13.0. The second-order valence-electron chi connectivity index (χ2n) is 7.06. The SMILES string of the molecule is CCC(C(=O)NCC(F)(F)C(F)(F)F)C(=O)NC1C(=O)N(C)c2ccccc2OC1C. The van der Waals surface area contributed by atoms with Crippen LogP contribution in [-0.4, -0.2) is 55.6 Å². The number of halogens is 5. The molecule has 0 spiro atoms. The summed E-state index contributed by atoms with van der Waals surface area (Å²) < 4.78 is 68.6. The second kappa shape index (κ2) is 9.06. The maximum atomic E-state index is 13.0. The fourth-order valence-electron chi connectivity index (χ4n) is 2.97. The number of anilines is 1. The number of carbonyl (C=O) groups excluding carboxylic acids is 3. The van der Waals surface area contributed by atoms with Crippen molar-refractivity contribution in [3.8, 4) is 5.75 Å². The molecule has 0 fully saturated rings. The van der Waals surface area contributed by atoms with E-state index in [4.69, 9.17) is 4.74 Å². The van der Waals surface area contributed by atoms with Crippen LogP contribution in [0.2, 0.25) is 0 Å². The summed E-state index contributed by atoms with van der Waals surface area (Å²) in [5.74, 6) is -9.20. The van der Waals surface area contributed by atoms with E-state index in [0.717, 1.165) is 0 Å². The van der Waals surface area contributed by atoms with E-state index in [1.54, 1.807) is 24.3 Å². The van der Waals surface area contributed by atoms with Gasteiger partial charge in [0.2, 0.25) is 11.8 Å². The van der Waals surface area contributed by atoms with Crippen LogP contribution in [0, 0.1) is 5.92 Å². The number of likely N-dealkylation sites (N-methyl/N-ethyl adjacent to an activating group) is 1. The van der Waals surface area contributed by atoms with Crippen LogP contribution in [0.15, 0.2) is 24.3 Å². The van der Waals surface area contributed by atoms with Gasteiger partial charge in [0.1, 0.15) is 23.8 Å². The van der Waals surface area contributed by atoms with E-state index in [9.17, 15) is 36.3 Å². The average Bonchev–Trinajstić information content (AvgIpc) is 2.77. The quantitative estimate of drug-likeness (QED) is 0.513. The molecule has 1 heterocycles. The minimum atomic E-state index is -5.84. The summed E-state index contributed by atoms with van der Waals surface area (Å²) in [5.41, 5.74) is 0.454. The van der Waals surface area contributed by atoms with Gasteiger partial charge in [0.25, 0.3) is 5.91 Å². The van der Waals surface area contributed by atoms with Gasteiger partial charge < -0.3 is 20.3 Å². The lowest BCUT2D eigenvalue weighted by atomic mass is 10.0. The highest BCUT2D eigenvalue weighted by atomic mass is 19.4. The van der Waals surface area contributed by atoms with E-state index in [1.807, 2.05) is 0 Å². The van der Waals surface area contributed by atoms with Crippen molar-refractivity contribution < 1.29 is 41.1 Å². The highest BCUT2D eigenvalue weighted by Gasteiger charge is 2.57. The highest BCUT2D eigenvalue weighted by Crippen LogP contribution is 2.35. The number of benzene rings is 1. The number of hydrogen-bond acceptors (Lipinski definition) is 4. The average molecular weight is 451 g/mol. The number of fused-ring (bicyclic) bond motifs is 1. The summed E-state index contributed by atoms with van der Waals surface area (Å²) in [6.45, 7) is 0.894. The van der Waals surface area contributed by atoms with Gasteiger partial charge in [-0.25, -0.2) is 0 Å². The summed E-state index contributed by atoms with van der Waals surface area (Å²) in [6.07, 6.45) is -6.89. The zero-order chi connectivity index (χ0) is 23.6. The number of ether oxygens (including phenoxy) is 1. The molecule has 172 valence electrons. The molecule has 0 saturated carbocycles. The number of nitrogens with zero attached hydrogens (tertiary/aromatic N) is 1. The third kappa shape index (κ3) is 5.23. The van der Waals surface area contributed by atoms with Gasteiger partial charge in [-0.2, -0.15) is 22.0 Å². The van der Waals surface area contributed by atoms with E-state index in [2.05, 4.69) is 5.32 Å². The molecular formula is C19H22F5N3O4. The third-order valence-corrected chi connectivity index (χ3v) is 4.84. The predicted octanol–water partition coefficient (Wildman–Crippen LogP) is 2.26. The Bertz CT molecular complexity index is 846. The molecule has 0 radical (unpaired) electrons. The molecule has 1 aromatic rings. The fraction of sp³-hybridized carbons (Fsp3) is 0.526. The Labute approximate surface area is 174 Å². The van der Waals surface area contributed by atoms with Crippen molar-refractivity contribution in [2.24, 2.45) is 5.92 Å². The Balaban J connectivity index is 2.11. The molecular weight excluding hydrogens is 429 g/mol. The molecule has 0 bridgehead atoms. The summed E-state index contributed by atoms with van der Waals surface area (Å²) in [4.78, 5) is 38.8. The zero-order valence-corrected chi connectivity index (χ0v) is 16.9. The lowest BCUT2D eigenvalue weighted by molar-refractivity contribution is -0.278. The Hall–Kier alpha value is -2.92. The molecule has 0 saturated heterocycles. The molecule has 1 aliphatic rings. The van der Waals surface area contributed by atoms with Crippen molar-refractivity contribution in [2.75, 3.05) is 18.5 Å². The molecule has 2 N–H and O–H groups in total. The first-order valence-corrected chi connectivity index (χ1v) is 9.36. The van der Waals surface area contributed by atoms with Crippen LogP contribution in [0.4, 0.5) is 27.6 Å². The van der Waals surface area contributed by atoms with Gasteiger partial charge in [0, 0.05) is 7.05 Å². The van der Waals surface area contributed by atoms with Crippen LogP contribution in [0.1, 0.15) is 20.3 Å². The molecule has 31 heavy (non-hydrogen) atoms. The van der Waals surface area contributed by atoms with Gasteiger partial charge in [-0.3, -0.25) is 14.4 Å². The number of nitrogens with one attached hydrogen (secondary N) is 2. The second-order valence-corrected chi connectivity index (χ2v) is 7.06. The van der Waals surface area contributed by atoms with E-state index in [1.165, 1.54) is 31.1 Å². The van der Waals surface area contributed by atoms with Gasteiger partial charge in [-0.05, 0) is 25.5 Å². The summed E-state index contributed by atoms with van der Waals surface area (Å²) in [6, 6.07) is 5.42. The zero-order valence-electron chi connectivity index (χ0n) is 16.9. The summed E-state index contributed by atoms with van der Waals surface area (Å²) >= 11 is 0. The van der Waals surface area contributed by atoms with Crippen LogP contribution in [-0.2, 0) is 14.4 Å². The maximum Gasteiger partial charge on any atom is 0.455 e. The normalized spacial score (nSPS) is 20.3. The van der Waals surface area contributed by atoms with E-state index in [-0.39, 0.29) is 6.42 Å². The van der Waals surface area contributed by atoms with Gasteiger partial charge in [0.15, 0.2) is 0 Å². The number of alkyl halides is 5. The van der Waals surface area contributed by atoms with E-state index in [0.29, 0.717) is 11.4 Å². The van der Waals surface area contributed by atoms with Gasteiger partial charge in [-0.15, -0.1) is 0 Å². The van der Waals surface area contributed by atoms with Gasteiger partial charge in [0.05, 0.1) is 12.2 Å². The van der Waals surface area contributed by atoms with Crippen molar-refractivity contribution in [3.05, 3.63) is 24.3 Å². The minimum absolute atomic E-state index is 0.193. The number of para-hydroxylation sites is 2. The topological polar surface area (TPSA) is 87.7 Å².